The molecule has 1 heterocycles. The van der Waals surface area contributed by atoms with Crippen molar-refractivity contribution in [3.8, 4) is 0 Å². The standard InChI is InChI=1S/C8H6NS/c1-6-9-7-4-2-3-5-8(7)10-6/h2-4H,1H3. The third kappa shape index (κ3) is 0.809. The van der Waals surface area contributed by atoms with E-state index in [1.54, 1.807) is 11.3 Å². The Kier molecular flexibility index (Phi) is 1.21. The summed E-state index contributed by atoms with van der Waals surface area (Å²) in [7, 11) is 0. The third-order valence-corrected chi connectivity index (χ3v) is 2.24. The number of aromatic nitrogens is 1. The van der Waals surface area contributed by atoms with E-state index in [0.717, 1.165) is 15.2 Å². The zero-order chi connectivity index (χ0) is 6.97. The monoisotopic (exact) mass is 148 g/mol. The van der Waals surface area contributed by atoms with Crippen molar-refractivity contribution < 1.29 is 0 Å². The molecule has 1 aromatic carbocycles. The lowest BCUT2D eigenvalue weighted by molar-refractivity contribution is 1.35. The molecule has 1 nitrogen and oxygen atoms in total. The molecule has 10 heavy (non-hydrogen) atoms. The molecule has 1 aromatic heterocycles. The minimum absolute atomic E-state index is 1.06. The zero-order valence-corrected chi connectivity index (χ0v) is 6.40. The summed E-state index contributed by atoms with van der Waals surface area (Å²) in [6.07, 6.45) is 0. The summed E-state index contributed by atoms with van der Waals surface area (Å²) in [5, 5.41) is 1.11. The Morgan fingerprint density at radius 3 is 3.30 bits per heavy atom. The van der Waals surface area contributed by atoms with Crippen LogP contribution in [0.15, 0.2) is 18.2 Å². The van der Waals surface area contributed by atoms with Gasteiger partial charge < -0.3 is 0 Å². The van der Waals surface area contributed by atoms with Gasteiger partial charge >= 0.3 is 0 Å². The predicted octanol–water partition coefficient (Wildman–Crippen LogP) is 2.40. The molecule has 49 valence electrons. The molecule has 2 aromatic rings. The Hall–Kier alpha value is -0.890. The van der Waals surface area contributed by atoms with Crippen LogP contribution in [0.1, 0.15) is 5.01 Å². The van der Waals surface area contributed by atoms with E-state index in [4.69, 9.17) is 0 Å². The van der Waals surface area contributed by atoms with Crippen LogP contribution in [0.5, 0.6) is 0 Å². The molecule has 2 heteroatoms. The van der Waals surface area contributed by atoms with Gasteiger partial charge in [0.2, 0.25) is 0 Å². The van der Waals surface area contributed by atoms with Gasteiger partial charge in [0.1, 0.15) is 0 Å². The fourth-order valence-electron chi connectivity index (χ4n) is 0.923. The van der Waals surface area contributed by atoms with Crippen molar-refractivity contribution in [1.29, 1.82) is 0 Å². The molecule has 0 amide bonds. The van der Waals surface area contributed by atoms with Gasteiger partial charge in [0.05, 0.1) is 15.2 Å². The molecule has 2 rings (SSSR count). The normalized spacial score (nSPS) is 10.5. The number of rotatable bonds is 0. The number of aryl methyl sites for hydroxylation is 1. The highest BCUT2D eigenvalue weighted by Gasteiger charge is 1.95. The van der Waals surface area contributed by atoms with Crippen LogP contribution in [-0.4, -0.2) is 4.98 Å². The first-order valence-corrected chi connectivity index (χ1v) is 3.92. The van der Waals surface area contributed by atoms with Gasteiger partial charge in [-0.3, -0.25) is 0 Å². The van der Waals surface area contributed by atoms with Gasteiger partial charge in [-0.25, -0.2) is 4.98 Å². The van der Waals surface area contributed by atoms with Crippen molar-refractivity contribution in [2.75, 3.05) is 0 Å². The Morgan fingerprint density at radius 2 is 2.50 bits per heavy atom. The number of nitrogens with zero attached hydrogens (tertiary/aromatic N) is 1. The molecule has 0 spiro atoms. The lowest BCUT2D eigenvalue weighted by Crippen LogP contribution is -1.65. The highest BCUT2D eigenvalue weighted by Crippen LogP contribution is 2.19. The van der Waals surface area contributed by atoms with Crippen molar-refractivity contribution in [2.24, 2.45) is 0 Å². The van der Waals surface area contributed by atoms with Crippen molar-refractivity contribution in [2.45, 2.75) is 6.92 Å². The summed E-state index contributed by atoms with van der Waals surface area (Å²) in [5.74, 6) is 0. The number of benzene rings is 1. The topological polar surface area (TPSA) is 12.9 Å². The van der Waals surface area contributed by atoms with Crippen LogP contribution < -0.4 is 0 Å². The van der Waals surface area contributed by atoms with E-state index in [1.807, 2.05) is 25.1 Å². The van der Waals surface area contributed by atoms with Crippen LogP contribution in [-0.2, 0) is 0 Å². The number of fused-ring (bicyclic) bond motifs is 1. The van der Waals surface area contributed by atoms with Crippen molar-refractivity contribution in [3.05, 3.63) is 29.3 Å². The molecule has 0 aliphatic rings. The highest BCUT2D eigenvalue weighted by molar-refractivity contribution is 7.18. The van der Waals surface area contributed by atoms with E-state index in [1.165, 1.54) is 0 Å². The molecule has 0 aliphatic carbocycles. The first kappa shape index (κ1) is 5.86. The van der Waals surface area contributed by atoms with Gasteiger partial charge in [-0.1, -0.05) is 12.1 Å². The number of thiazole rings is 1. The minimum Gasteiger partial charge on any atom is -0.241 e. The Labute approximate surface area is 63.3 Å². The molecule has 0 fully saturated rings. The smallest absolute Gasteiger partial charge is 0.0907 e. The summed E-state index contributed by atoms with van der Waals surface area (Å²) >= 11 is 1.69. The fraction of sp³-hybridized carbons (Fsp3) is 0.125. The summed E-state index contributed by atoms with van der Waals surface area (Å²) in [6, 6.07) is 9.01. The first-order valence-electron chi connectivity index (χ1n) is 3.10. The van der Waals surface area contributed by atoms with E-state index in [-0.39, 0.29) is 0 Å². The molecular weight excluding hydrogens is 142 g/mol. The quantitative estimate of drug-likeness (QED) is 0.559. The van der Waals surface area contributed by atoms with Crippen LogP contribution in [0.2, 0.25) is 0 Å². The molecule has 0 N–H and O–H groups in total. The molecule has 0 atom stereocenters. The SMILES string of the molecule is Cc1nc2ccc[c]c2s1. The maximum atomic E-state index is 4.30. The Balaban J connectivity index is 2.88. The first-order chi connectivity index (χ1) is 4.86. The van der Waals surface area contributed by atoms with Crippen LogP contribution in [0.25, 0.3) is 10.2 Å². The van der Waals surface area contributed by atoms with Gasteiger partial charge in [-0.15, -0.1) is 11.3 Å². The number of hydrogen-bond acceptors (Lipinski definition) is 2. The summed E-state index contributed by atoms with van der Waals surface area (Å²) in [6.45, 7) is 2.01. The highest BCUT2D eigenvalue weighted by atomic mass is 32.1. The largest absolute Gasteiger partial charge is 0.241 e. The average Bonchev–Trinajstić information content (AvgIpc) is 2.27. The van der Waals surface area contributed by atoms with E-state index in [9.17, 15) is 0 Å². The molecule has 0 saturated carbocycles. The molecule has 0 bridgehead atoms. The molecule has 0 saturated heterocycles. The van der Waals surface area contributed by atoms with Crippen LogP contribution >= 0.6 is 11.3 Å². The Morgan fingerprint density at radius 1 is 1.60 bits per heavy atom. The number of hydrogen-bond donors (Lipinski definition) is 0. The van der Waals surface area contributed by atoms with Crippen LogP contribution in [0.4, 0.5) is 0 Å². The second kappa shape index (κ2) is 2.06. The van der Waals surface area contributed by atoms with E-state index in [0.29, 0.717) is 0 Å². The summed E-state index contributed by atoms with van der Waals surface area (Å²) in [4.78, 5) is 4.30. The molecular formula is C8H6NS. The third-order valence-electron chi connectivity index (χ3n) is 1.33. The minimum atomic E-state index is 1.06. The molecule has 1 radical (unpaired) electrons. The van der Waals surface area contributed by atoms with Crippen LogP contribution in [0.3, 0.4) is 0 Å². The summed E-state index contributed by atoms with van der Waals surface area (Å²) < 4.78 is 1.15. The maximum Gasteiger partial charge on any atom is 0.0907 e. The van der Waals surface area contributed by atoms with Gasteiger partial charge in [0.15, 0.2) is 0 Å². The van der Waals surface area contributed by atoms with E-state index < -0.39 is 0 Å². The van der Waals surface area contributed by atoms with E-state index in [2.05, 4.69) is 11.1 Å². The second-order valence-electron chi connectivity index (χ2n) is 2.12. The lowest BCUT2D eigenvalue weighted by atomic mass is 10.3. The van der Waals surface area contributed by atoms with Gasteiger partial charge in [0.25, 0.3) is 0 Å². The molecule has 0 aliphatic heterocycles. The second-order valence-corrected chi connectivity index (χ2v) is 3.32. The fourth-order valence-corrected chi connectivity index (χ4v) is 1.71. The van der Waals surface area contributed by atoms with E-state index >= 15 is 0 Å². The van der Waals surface area contributed by atoms with Gasteiger partial charge in [0, 0.05) is 6.07 Å². The van der Waals surface area contributed by atoms with Crippen molar-refractivity contribution in [1.82, 2.24) is 4.98 Å². The lowest BCUT2D eigenvalue weighted by Gasteiger charge is -1.79. The predicted molar refractivity (Wildman–Crippen MR) is 43.2 cm³/mol. The maximum absolute atomic E-state index is 4.30. The van der Waals surface area contributed by atoms with Gasteiger partial charge in [-0.2, -0.15) is 0 Å². The average molecular weight is 148 g/mol. The van der Waals surface area contributed by atoms with Crippen molar-refractivity contribution in [3.63, 3.8) is 0 Å². The molecule has 0 unspecified atom stereocenters. The van der Waals surface area contributed by atoms with Crippen molar-refractivity contribution >= 4 is 21.6 Å². The van der Waals surface area contributed by atoms with Crippen LogP contribution in [0, 0.1) is 13.0 Å². The zero-order valence-electron chi connectivity index (χ0n) is 5.59. The Bertz CT molecular complexity index is 318. The van der Waals surface area contributed by atoms with Gasteiger partial charge in [-0.05, 0) is 13.0 Å². The summed E-state index contributed by atoms with van der Waals surface area (Å²) in [5.41, 5.74) is 1.06.